The van der Waals surface area contributed by atoms with Gasteiger partial charge in [-0.25, -0.2) is 21.0 Å². The molecule has 0 aliphatic carbocycles. The summed E-state index contributed by atoms with van der Waals surface area (Å²) in [7, 11) is 1.64. The number of carbonyl (C=O) groups excluding carboxylic acids is 4. The first-order valence-corrected chi connectivity index (χ1v) is 23.0. The van der Waals surface area contributed by atoms with Crippen LogP contribution >= 0.6 is 0 Å². The number of hydroxylamine groups is 1. The van der Waals surface area contributed by atoms with Crippen molar-refractivity contribution in [3.8, 4) is 11.5 Å². The predicted molar refractivity (Wildman–Crippen MR) is 247 cm³/mol. The van der Waals surface area contributed by atoms with Gasteiger partial charge in [0.25, 0.3) is 11.8 Å². The first-order valence-electron chi connectivity index (χ1n) is 23.0. The summed E-state index contributed by atoms with van der Waals surface area (Å²) < 4.78 is 52.5. The maximum atomic E-state index is 12.9. The standard InChI is InChI=1S/C23H34N2O13.C22H32N2O13/c1-13(26)35-12-14-3-4-16(37-23-19(29)17(27)18(28)20(38-23)22(31)32)15(11-14)21(30)25-5-6-33-7-8-34-9-10-36-24-2;1-12(25)34-11-13-2-3-15(36-22-18(28)16(26)17(27)19(37-22)21(30)31)14(10-13)20(29)24-4-5-32-6-7-33-8-9-35-23/h3-4,11,17-20,23-24,27-29H,5-10,12H2,1-2H3,(H,25,30)(H,31,32);2-3,10,16-19,22,26-28H,4-9,11,23H2,1H3,(H,24,29)(H,30,31)/t17-,18-,19+,20-,23+;16-,17-,18+,19-,22+/m00/s1. The van der Waals surface area contributed by atoms with E-state index in [4.69, 9.17) is 58.1 Å². The van der Waals surface area contributed by atoms with Gasteiger partial charge in [-0.15, -0.1) is 0 Å². The first kappa shape index (κ1) is 63.5. The highest BCUT2D eigenvalue weighted by Crippen LogP contribution is 2.30. The van der Waals surface area contributed by atoms with Crippen molar-refractivity contribution in [1.82, 2.24) is 16.1 Å². The van der Waals surface area contributed by atoms with Crippen LogP contribution in [0, 0.1) is 0 Å². The van der Waals surface area contributed by atoms with Crippen molar-refractivity contribution in [3.05, 3.63) is 58.7 Å². The number of aliphatic hydroxyl groups excluding tert-OH is 6. The molecule has 30 nitrogen and oxygen atoms in total. The lowest BCUT2D eigenvalue weighted by Crippen LogP contribution is -2.61. The summed E-state index contributed by atoms with van der Waals surface area (Å²) >= 11 is 0. The van der Waals surface area contributed by atoms with Crippen molar-refractivity contribution in [2.45, 2.75) is 88.5 Å². The van der Waals surface area contributed by atoms with Crippen LogP contribution in [0.25, 0.3) is 0 Å². The number of carboxylic acid groups (broad SMARTS) is 2. The molecular formula is C45H66N4O26. The van der Waals surface area contributed by atoms with E-state index in [1.807, 2.05) is 0 Å². The van der Waals surface area contributed by atoms with Crippen LogP contribution < -0.4 is 31.5 Å². The summed E-state index contributed by atoms with van der Waals surface area (Å²) in [6, 6.07) is 8.37. The molecule has 10 atom stereocenters. The van der Waals surface area contributed by atoms with Crippen molar-refractivity contribution in [3.63, 3.8) is 0 Å². The second-order valence-corrected chi connectivity index (χ2v) is 15.8. The number of aliphatic hydroxyl groups is 6. The van der Waals surface area contributed by atoms with E-state index in [1.165, 1.54) is 50.2 Å². The number of carbonyl (C=O) groups is 6. The molecule has 422 valence electrons. The van der Waals surface area contributed by atoms with E-state index in [-0.39, 0.29) is 82.0 Å². The van der Waals surface area contributed by atoms with Crippen LogP contribution in [-0.2, 0) is 80.0 Å². The maximum Gasteiger partial charge on any atom is 0.335 e. The van der Waals surface area contributed by atoms with Gasteiger partial charge in [0.1, 0.15) is 61.3 Å². The summed E-state index contributed by atoms with van der Waals surface area (Å²) in [6.45, 7) is 5.24. The van der Waals surface area contributed by atoms with Gasteiger partial charge >= 0.3 is 23.9 Å². The fraction of sp³-hybridized carbons (Fsp3) is 0.600. The number of esters is 2. The minimum Gasteiger partial charge on any atom is -0.479 e. The Hall–Kier alpha value is -5.78. The number of hydrogen-bond acceptors (Lipinski definition) is 26. The van der Waals surface area contributed by atoms with Gasteiger partial charge in [-0.1, -0.05) is 12.1 Å². The Morgan fingerprint density at radius 2 is 0.907 bits per heavy atom. The second kappa shape index (κ2) is 34.0. The van der Waals surface area contributed by atoms with Crippen molar-refractivity contribution in [2.75, 3.05) is 86.2 Å². The first-order chi connectivity index (χ1) is 35.8. The molecule has 2 aromatic rings. The number of benzene rings is 2. The lowest BCUT2D eigenvalue weighted by molar-refractivity contribution is -0.271. The van der Waals surface area contributed by atoms with Crippen molar-refractivity contribution < 1.29 is 127 Å². The zero-order valence-corrected chi connectivity index (χ0v) is 41.1. The van der Waals surface area contributed by atoms with Gasteiger partial charge < -0.3 is 104 Å². The minimum atomic E-state index is -1.90. The molecule has 2 aliphatic heterocycles. The quantitative estimate of drug-likeness (QED) is 0.0193. The highest BCUT2D eigenvalue weighted by atomic mass is 16.7. The highest BCUT2D eigenvalue weighted by molar-refractivity contribution is 5.97. The number of aliphatic carboxylic acids is 2. The van der Waals surface area contributed by atoms with Crippen molar-refractivity contribution in [1.29, 1.82) is 0 Å². The molecule has 2 fully saturated rings. The third-order valence-electron chi connectivity index (χ3n) is 10.2. The zero-order chi connectivity index (χ0) is 55.5. The molecule has 0 unspecified atom stereocenters. The van der Waals surface area contributed by atoms with Gasteiger partial charge in [-0.3, -0.25) is 24.0 Å². The Morgan fingerprint density at radius 1 is 0.533 bits per heavy atom. The van der Waals surface area contributed by atoms with E-state index in [0.29, 0.717) is 44.2 Å². The van der Waals surface area contributed by atoms with Crippen LogP contribution in [-0.4, -0.2) is 224 Å². The Labute approximate surface area is 428 Å². The molecule has 0 spiro atoms. The van der Waals surface area contributed by atoms with Crippen LogP contribution in [0.1, 0.15) is 45.7 Å². The smallest absolute Gasteiger partial charge is 0.335 e. The number of amides is 2. The molecule has 2 aromatic carbocycles. The van der Waals surface area contributed by atoms with E-state index in [2.05, 4.69) is 21.0 Å². The number of carboxylic acids is 2. The summed E-state index contributed by atoms with van der Waals surface area (Å²) in [4.78, 5) is 80.1. The normalized spacial score (nSPS) is 23.2. The number of ether oxygens (including phenoxy) is 10. The fourth-order valence-electron chi connectivity index (χ4n) is 6.43. The Balaban J connectivity index is 0.000000395. The predicted octanol–water partition coefficient (Wildman–Crippen LogP) is -4.39. The number of rotatable bonds is 31. The second-order valence-electron chi connectivity index (χ2n) is 15.8. The van der Waals surface area contributed by atoms with Gasteiger partial charge in [-0.05, 0) is 35.4 Å². The van der Waals surface area contributed by atoms with Crippen molar-refractivity contribution >= 4 is 35.7 Å². The molecule has 2 aliphatic rings. The van der Waals surface area contributed by atoms with Gasteiger partial charge in [0.15, 0.2) is 12.2 Å². The monoisotopic (exact) mass is 1080 g/mol. The van der Waals surface area contributed by atoms with E-state index in [9.17, 15) is 69.6 Å². The number of hydrogen-bond donors (Lipinski definition) is 12. The van der Waals surface area contributed by atoms with Crippen LogP contribution in [0.15, 0.2) is 36.4 Å². The number of nitrogens with two attached hydrogens (primary N) is 1. The molecule has 2 saturated heterocycles. The molecule has 4 rings (SSSR count). The van der Waals surface area contributed by atoms with Crippen LogP contribution in [0.3, 0.4) is 0 Å². The Bertz CT molecular complexity index is 2100. The van der Waals surface area contributed by atoms with Crippen LogP contribution in [0.5, 0.6) is 11.5 Å². The fourth-order valence-corrected chi connectivity index (χ4v) is 6.43. The lowest BCUT2D eigenvalue weighted by Gasteiger charge is -2.38. The topological polar surface area (TPSA) is 437 Å². The van der Waals surface area contributed by atoms with E-state index < -0.39 is 97.1 Å². The zero-order valence-electron chi connectivity index (χ0n) is 41.1. The molecule has 2 amide bonds. The van der Waals surface area contributed by atoms with Gasteiger partial charge in [0.05, 0.1) is 77.2 Å². The molecule has 0 radical (unpaired) electrons. The minimum absolute atomic E-state index is 0.0502. The summed E-state index contributed by atoms with van der Waals surface area (Å²) in [5, 5.41) is 84.0. The molecule has 2 heterocycles. The van der Waals surface area contributed by atoms with Crippen molar-refractivity contribution in [2.24, 2.45) is 5.90 Å². The van der Waals surface area contributed by atoms with Gasteiger partial charge in [0, 0.05) is 34.0 Å². The summed E-state index contributed by atoms with van der Waals surface area (Å²) in [5.41, 5.74) is 3.29. The third-order valence-corrected chi connectivity index (χ3v) is 10.2. The molecule has 13 N–H and O–H groups in total. The number of nitrogens with one attached hydrogen (secondary N) is 3. The lowest BCUT2D eigenvalue weighted by atomic mass is 9.99. The van der Waals surface area contributed by atoms with E-state index in [1.54, 1.807) is 7.05 Å². The van der Waals surface area contributed by atoms with E-state index in [0.717, 1.165) is 0 Å². The van der Waals surface area contributed by atoms with Crippen LogP contribution in [0.4, 0.5) is 0 Å². The SMILES string of the molecule is CC(=O)OCc1ccc(O[C@@H]2O[C@H](C(=O)O)[C@@H](O)[C@H](O)[C@H]2O)c(C(=O)NCCOCCOCCON)c1.CNOCCOCCOCCNC(=O)c1cc(COC(C)=O)ccc1O[C@@H]1O[C@H](C(=O)O)[C@@H](O)[C@H](O)[C@H]1O. The van der Waals surface area contributed by atoms with Crippen LogP contribution in [0.2, 0.25) is 0 Å². The molecule has 75 heavy (non-hydrogen) atoms. The average Bonchev–Trinajstić information content (AvgIpc) is 3.37. The molecule has 0 saturated carbocycles. The molecule has 0 aromatic heterocycles. The molecule has 30 heteroatoms. The largest absolute Gasteiger partial charge is 0.479 e. The Kier molecular flexibility index (Phi) is 28.8. The molecular weight excluding hydrogens is 1010 g/mol. The van der Waals surface area contributed by atoms with E-state index >= 15 is 0 Å². The molecule has 0 bridgehead atoms. The average molecular weight is 1080 g/mol. The third kappa shape index (κ3) is 21.8. The van der Waals surface area contributed by atoms with Gasteiger partial charge in [0.2, 0.25) is 12.6 Å². The van der Waals surface area contributed by atoms with Gasteiger partial charge in [-0.2, -0.15) is 0 Å². The maximum absolute atomic E-state index is 12.9. The summed E-state index contributed by atoms with van der Waals surface area (Å²) in [6.07, 6.45) is -18.4. The summed E-state index contributed by atoms with van der Waals surface area (Å²) in [5.74, 6) is -0.839. The Morgan fingerprint density at radius 3 is 1.27 bits per heavy atom. The highest BCUT2D eigenvalue weighted by Gasteiger charge is 2.49.